The van der Waals surface area contributed by atoms with Gasteiger partial charge in [-0.15, -0.1) is 0 Å². The Bertz CT molecular complexity index is 1500. The van der Waals surface area contributed by atoms with Crippen molar-refractivity contribution in [3.63, 3.8) is 0 Å². The van der Waals surface area contributed by atoms with Crippen LogP contribution in [0.3, 0.4) is 0 Å². The Hall–Kier alpha value is -4.53. The number of nitrogens with one attached hydrogen (secondary N) is 1. The molecule has 9 nitrogen and oxygen atoms in total. The van der Waals surface area contributed by atoms with E-state index >= 15 is 0 Å². The van der Waals surface area contributed by atoms with Crippen molar-refractivity contribution in [1.29, 1.82) is 0 Å². The van der Waals surface area contributed by atoms with E-state index in [1.165, 1.54) is 0 Å². The van der Waals surface area contributed by atoms with Gasteiger partial charge in [0.05, 0.1) is 11.1 Å². The Balaban J connectivity index is 1.14. The van der Waals surface area contributed by atoms with E-state index in [2.05, 4.69) is 22.3 Å². The molecule has 0 bridgehead atoms. The maximum Gasteiger partial charge on any atom is 0.258 e. The number of amides is 1. The molecule has 1 fully saturated rings. The number of piperidine rings is 1. The number of phenolic OH excluding ortho intramolecular Hbond substituents is 1. The van der Waals surface area contributed by atoms with Crippen molar-refractivity contribution in [2.75, 3.05) is 31.4 Å². The molecule has 0 unspecified atom stereocenters. The summed E-state index contributed by atoms with van der Waals surface area (Å²) in [5.74, 6) is 2.94. The summed E-state index contributed by atoms with van der Waals surface area (Å²) >= 11 is 0. The SMILES string of the molecule is Cc1ccc2c(N3CCC(NC(=O)COc4cccc5c4OCO5)CC3)nc(-c3ccccc3O)nc2c1. The average molecular weight is 513 g/mol. The van der Waals surface area contributed by atoms with Crippen LogP contribution < -0.4 is 24.4 Å². The zero-order valence-corrected chi connectivity index (χ0v) is 21.0. The lowest BCUT2D eigenvalue weighted by Gasteiger charge is -2.34. The summed E-state index contributed by atoms with van der Waals surface area (Å²) in [5.41, 5.74) is 2.54. The van der Waals surface area contributed by atoms with E-state index in [-0.39, 0.29) is 31.1 Å². The molecule has 2 N–H and O–H groups in total. The Labute approximate surface area is 220 Å². The summed E-state index contributed by atoms with van der Waals surface area (Å²) in [6, 6.07) is 18.7. The number of hydrogen-bond donors (Lipinski definition) is 2. The summed E-state index contributed by atoms with van der Waals surface area (Å²) in [6.45, 7) is 3.53. The van der Waals surface area contributed by atoms with Gasteiger partial charge in [0.15, 0.2) is 23.9 Å². The number of benzene rings is 3. The zero-order valence-electron chi connectivity index (χ0n) is 21.0. The van der Waals surface area contributed by atoms with Crippen LogP contribution in [0.4, 0.5) is 5.82 Å². The van der Waals surface area contributed by atoms with Crippen LogP contribution in [-0.2, 0) is 4.79 Å². The van der Waals surface area contributed by atoms with Crippen molar-refractivity contribution >= 4 is 22.6 Å². The van der Waals surface area contributed by atoms with E-state index in [1.54, 1.807) is 30.3 Å². The zero-order chi connectivity index (χ0) is 26.1. The molecule has 0 saturated carbocycles. The summed E-state index contributed by atoms with van der Waals surface area (Å²) in [7, 11) is 0. The molecule has 194 valence electrons. The van der Waals surface area contributed by atoms with Gasteiger partial charge in [0.1, 0.15) is 11.6 Å². The van der Waals surface area contributed by atoms with E-state index < -0.39 is 0 Å². The van der Waals surface area contributed by atoms with E-state index in [1.807, 2.05) is 25.1 Å². The standard InChI is InChI=1S/C29H28N4O5/c1-18-9-10-20-22(15-18)31-28(21-5-2-3-6-23(21)34)32-29(20)33-13-11-19(12-14-33)30-26(35)16-36-24-7-4-8-25-27(24)38-17-37-25/h2-10,15,19,34H,11-14,16-17H2,1H3,(H,30,35). The van der Waals surface area contributed by atoms with Gasteiger partial charge in [-0.25, -0.2) is 9.97 Å². The molecule has 3 heterocycles. The van der Waals surface area contributed by atoms with Crippen molar-refractivity contribution in [2.45, 2.75) is 25.8 Å². The minimum absolute atomic E-state index is 0.0383. The lowest BCUT2D eigenvalue weighted by Crippen LogP contribution is -2.46. The second-order valence-corrected chi connectivity index (χ2v) is 9.52. The van der Waals surface area contributed by atoms with Crippen molar-refractivity contribution in [2.24, 2.45) is 0 Å². The minimum Gasteiger partial charge on any atom is -0.507 e. The second kappa shape index (κ2) is 10.1. The second-order valence-electron chi connectivity index (χ2n) is 9.52. The number of rotatable bonds is 6. The van der Waals surface area contributed by atoms with Crippen LogP contribution in [0.15, 0.2) is 60.7 Å². The lowest BCUT2D eigenvalue weighted by atomic mass is 10.0. The summed E-state index contributed by atoms with van der Waals surface area (Å²) in [4.78, 5) is 24.5. The number of phenols is 1. The summed E-state index contributed by atoms with van der Waals surface area (Å²) in [5, 5.41) is 14.5. The molecule has 4 aromatic rings. The molecule has 1 saturated heterocycles. The van der Waals surface area contributed by atoms with Gasteiger partial charge >= 0.3 is 0 Å². The first kappa shape index (κ1) is 23.8. The molecule has 2 aliphatic heterocycles. The smallest absolute Gasteiger partial charge is 0.258 e. The largest absolute Gasteiger partial charge is 0.507 e. The normalized spacial score (nSPS) is 15.0. The molecule has 1 aromatic heterocycles. The number of hydrogen-bond acceptors (Lipinski definition) is 8. The highest BCUT2D eigenvalue weighted by atomic mass is 16.7. The van der Waals surface area contributed by atoms with E-state index in [0.29, 0.717) is 28.6 Å². The topological polar surface area (TPSA) is 106 Å². The van der Waals surface area contributed by atoms with Crippen LogP contribution in [0.5, 0.6) is 23.0 Å². The molecule has 0 spiro atoms. The molecule has 1 amide bonds. The summed E-state index contributed by atoms with van der Waals surface area (Å²) < 4.78 is 16.5. The van der Waals surface area contributed by atoms with Gasteiger partial charge in [-0.05, 0) is 61.7 Å². The molecule has 0 radical (unpaired) electrons. The quantitative estimate of drug-likeness (QED) is 0.396. The van der Waals surface area contributed by atoms with Gasteiger partial charge in [0.25, 0.3) is 5.91 Å². The van der Waals surface area contributed by atoms with Gasteiger partial charge < -0.3 is 29.5 Å². The molecule has 0 atom stereocenters. The minimum atomic E-state index is -0.176. The van der Waals surface area contributed by atoms with Crippen LogP contribution in [0.1, 0.15) is 18.4 Å². The Morgan fingerprint density at radius 3 is 2.76 bits per heavy atom. The molecular weight excluding hydrogens is 484 g/mol. The van der Waals surface area contributed by atoms with E-state index in [0.717, 1.165) is 48.2 Å². The molecule has 38 heavy (non-hydrogen) atoms. The highest BCUT2D eigenvalue weighted by Gasteiger charge is 2.25. The Morgan fingerprint density at radius 2 is 1.92 bits per heavy atom. The molecule has 0 aliphatic carbocycles. The predicted octanol–water partition coefficient (Wildman–Crippen LogP) is 4.20. The maximum atomic E-state index is 12.6. The number of para-hydroxylation sites is 2. The van der Waals surface area contributed by atoms with Gasteiger partial charge in [-0.1, -0.05) is 24.3 Å². The monoisotopic (exact) mass is 512 g/mol. The molecule has 6 rings (SSSR count). The fourth-order valence-corrected chi connectivity index (χ4v) is 4.91. The number of aromatic hydroxyl groups is 1. The van der Waals surface area contributed by atoms with Crippen LogP contribution in [0.2, 0.25) is 0 Å². The van der Waals surface area contributed by atoms with Crippen molar-refractivity contribution in [3.8, 4) is 34.4 Å². The van der Waals surface area contributed by atoms with Crippen LogP contribution >= 0.6 is 0 Å². The molecule has 2 aliphatic rings. The first-order chi connectivity index (χ1) is 18.5. The van der Waals surface area contributed by atoms with Crippen LogP contribution in [-0.4, -0.2) is 53.5 Å². The van der Waals surface area contributed by atoms with Gasteiger partial charge in [0.2, 0.25) is 12.5 Å². The van der Waals surface area contributed by atoms with E-state index in [9.17, 15) is 9.90 Å². The van der Waals surface area contributed by atoms with Crippen LogP contribution in [0.25, 0.3) is 22.3 Å². The molecule has 3 aromatic carbocycles. The highest BCUT2D eigenvalue weighted by Crippen LogP contribution is 2.40. The number of aryl methyl sites for hydroxylation is 1. The first-order valence-corrected chi connectivity index (χ1v) is 12.7. The number of fused-ring (bicyclic) bond motifs is 2. The summed E-state index contributed by atoms with van der Waals surface area (Å²) in [6.07, 6.45) is 1.54. The Kier molecular flexibility index (Phi) is 6.33. The third kappa shape index (κ3) is 4.74. The van der Waals surface area contributed by atoms with Crippen molar-refractivity contribution < 1.29 is 24.1 Å². The number of anilines is 1. The fourth-order valence-electron chi connectivity index (χ4n) is 4.91. The van der Waals surface area contributed by atoms with Gasteiger partial charge in [-0.3, -0.25) is 4.79 Å². The van der Waals surface area contributed by atoms with Gasteiger partial charge in [0, 0.05) is 24.5 Å². The van der Waals surface area contributed by atoms with Crippen molar-refractivity contribution in [1.82, 2.24) is 15.3 Å². The molecular formula is C29H28N4O5. The third-order valence-corrected chi connectivity index (χ3v) is 6.86. The number of nitrogens with zero attached hydrogens (tertiary/aromatic N) is 3. The highest BCUT2D eigenvalue weighted by molar-refractivity contribution is 5.92. The average Bonchev–Trinajstić information content (AvgIpc) is 3.41. The molecule has 9 heteroatoms. The van der Waals surface area contributed by atoms with Crippen molar-refractivity contribution in [3.05, 3.63) is 66.2 Å². The fraction of sp³-hybridized carbons (Fsp3) is 0.276. The number of carbonyl (C=O) groups excluding carboxylic acids is 1. The number of carbonyl (C=O) groups is 1. The number of aromatic nitrogens is 2. The lowest BCUT2D eigenvalue weighted by molar-refractivity contribution is -0.123. The number of ether oxygens (including phenoxy) is 3. The first-order valence-electron chi connectivity index (χ1n) is 12.7. The van der Waals surface area contributed by atoms with Gasteiger partial charge in [-0.2, -0.15) is 0 Å². The third-order valence-electron chi connectivity index (χ3n) is 6.86. The van der Waals surface area contributed by atoms with Crippen LogP contribution in [0, 0.1) is 6.92 Å². The maximum absolute atomic E-state index is 12.6. The van der Waals surface area contributed by atoms with E-state index in [4.69, 9.17) is 24.2 Å². The predicted molar refractivity (Wildman–Crippen MR) is 143 cm³/mol. The Morgan fingerprint density at radius 1 is 1.08 bits per heavy atom.